The van der Waals surface area contributed by atoms with Crippen LogP contribution in [0, 0.1) is 11.8 Å². The molecule has 1 aromatic heterocycles. The van der Waals surface area contributed by atoms with Crippen LogP contribution in [0.4, 0.5) is 4.79 Å². The second-order valence-corrected chi connectivity index (χ2v) is 7.83. The van der Waals surface area contributed by atoms with E-state index in [1.54, 1.807) is 24.3 Å². The van der Waals surface area contributed by atoms with Gasteiger partial charge in [0.25, 0.3) is 0 Å². The molecule has 27 heavy (non-hydrogen) atoms. The minimum Gasteiger partial charge on any atom is -0.477 e. The zero-order chi connectivity index (χ0) is 19.0. The van der Waals surface area contributed by atoms with E-state index in [0.717, 1.165) is 31.4 Å². The lowest BCUT2D eigenvalue weighted by Crippen LogP contribution is -2.43. The summed E-state index contributed by atoms with van der Waals surface area (Å²) in [7, 11) is 0. The Morgan fingerprint density at radius 2 is 1.78 bits per heavy atom. The molecular weight excluding hydrogens is 344 g/mol. The van der Waals surface area contributed by atoms with Crippen molar-refractivity contribution in [3.05, 3.63) is 46.2 Å². The molecule has 3 unspecified atom stereocenters. The van der Waals surface area contributed by atoms with Crippen LogP contribution in [0.25, 0.3) is 10.9 Å². The van der Waals surface area contributed by atoms with E-state index in [0.29, 0.717) is 11.4 Å². The summed E-state index contributed by atoms with van der Waals surface area (Å²) in [5.74, 6) is 0.145. The largest absolute Gasteiger partial charge is 0.477 e. The molecule has 6 heteroatoms. The van der Waals surface area contributed by atoms with Crippen LogP contribution in [0.1, 0.15) is 55.3 Å². The summed E-state index contributed by atoms with van der Waals surface area (Å²) in [5, 5.41) is 12.7. The predicted molar refractivity (Wildman–Crippen MR) is 102 cm³/mol. The fraction of sp³-hybridized carbons (Fsp3) is 0.476. The number of nitrogens with one attached hydrogen (secondary N) is 1. The number of para-hydroxylation sites is 1. The van der Waals surface area contributed by atoms with E-state index in [4.69, 9.17) is 0 Å². The summed E-state index contributed by atoms with van der Waals surface area (Å²) < 4.78 is 1.27. The maximum absolute atomic E-state index is 12.9. The number of aromatic carboxylic acids is 1. The highest BCUT2D eigenvalue weighted by Gasteiger charge is 2.33. The average molecular weight is 368 g/mol. The van der Waals surface area contributed by atoms with Crippen LogP contribution in [-0.4, -0.2) is 27.7 Å². The molecule has 1 aromatic carbocycles. The molecule has 0 saturated heterocycles. The summed E-state index contributed by atoms with van der Waals surface area (Å²) in [6, 6.07) is 6.36. The molecule has 2 aliphatic rings. The van der Waals surface area contributed by atoms with Gasteiger partial charge in [-0.2, -0.15) is 0 Å². The summed E-state index contributed by atoms with van der Waals surface area (Å²) >= 11 is 0. The number of carboxylic acids is 1. The number of pyridine rings is 1. The fourth-order valence-electron chi connectivity index (χ4n) is 4.85. The highest BCUT2D eigenvalue weighted by molar-refractivity contribution is 5.96. The number of carbonyl (C=O) groups excluding carboxylic acids is 1. The summed E-state index contributed by atoms with van der Waals surface area (Å²) in [5.41, 5.74) is -0.527. The van der Waals surface area contributed by atoms with Gasteiger partial charge >= 0.3 is 12.0 Å². The molecular formula is C21H24N2O4. The number of carbonyl (C=O) groups is 2. The van der Waals surface area contributed by atoms with E-state index in [1.165, 1.54) is 30.3 Å². The van der Waals surface area contributed by atoms with Crippen LogP contribution < -0.4 is 10.7 Å². The van der Waals surface area contributed by atoms with Gasteiger partial charge in [0, 0.05) is 17.6 Å². The summed E-state index contributed by atoms with van der Waals surface area (Å²) in [6.45, 7) is 0. The third-order valence-corrected chi connectivity index (χ3v) is 6.23. The third kappa shape index (κ3) is 3.36. The molecule has 1 heterocycles. The van der Waals surface area contributed by atoms with Gasteiger partial charge in [-0.3, -0.25) is 9.36 Å². The van der Waals surface area contributed by atoms with Crippen LogP contribution in [0.15, 0.2) is 35.3 Å². The van der Waals surface area contributed by atoms with Gasteiger partial charge in [0.05, 0.1) is 5.52 Å². The number of nitrogens with zero attached hydrogens (tertiary/aromatic N) is 1. The average Bonchev–Trinajstić information content (AvgIpc) is 2.68. The van der Waals surface area contributed by atoms with Crippen LogP contribution in [0.3, 0.4) is 0 Å². The zero-order valence-electron chi connectivity index (χ0n) is 15.2. The number of fused-ring (bicyclic) bond motifs is 2. The molecule has 2 aromatic rings. The number of carboxylic acid groups (broad SMARTS) is 1. The standard InChI is InChI=1S/C21H24N2O4/c24-19-16-7-3-4-8-18(16)23(12-17(19)20(25)26)21(27)22-15-10-9-13-5-1-2-6-14(13)11-15/h3-4,7-8,12-15H,1-2,5-6,9-11H2,(H,22,27)(H,25,26). The van der Waals surface area contributed by atoms with E-state index < -0.39 is 11.4 Å². The molecule has 0 radical (unpaired) electrons. The quantitative estimate of drug-likeness (QED) is 0.847. The van der Waals surface area contributed by atoms with Crippen LogP contribution in [0.2, 0.25) is 0 Å². The highest BCUT2D eigenvalue weighted by Crippen LogP contribution is 2.40. The Morgan fingerprint density at radius 1 is 1.04 bits per heavy atom. The minimum absolute atomic E-state index is 0.100. The molecule has 0 spiro atoms. The van der Waals surface area contributed by atoms with Gasteiger partial charge in [0.1, 0.15) is 5.56 Å². The first-order chi connectivity index (χ1) is 13.0. The first-order valence-corrected chi connectivity index (χ1v) is 9.73. The SMILES string of the molecule is O=C(O)c1cn(C(=O)NC2CCC3CCCCC3C2)c2ccccc2c1=O. The molecule has 4 rings (SSSR count). The molecule has 2 fully saturated rings. The van der Waals surface area contributed by atoms with Gasteiger partial charge in [0.2, 0.25) is 5.43 Å². The first kappa shape index (κ1) is 17.8. The lowest BCUT2D eigenvalue weighted by atomic mass is 9.69. The molecule has 3 atom stereocenters. The van der Waals surface area contributed by atoms with Crippen LogP contribution >= 0.6 is 0 Å². The predicted octanol–water partition coefficient (Wildman–Crippen LogP) is 3.62. The van der Waals surface area contributed by atoms with Crippen molar-refractivity contribution in [2.75, 3.05) is 0 Å². The molecule has 1 amide bonds. The lowest BCUT2D eigenvalue weighted by molar-refractivity contribution is 0.0695. The van der Waals surface area contributed by atoms with Gasteiger partial charge in [-0.25, -0.2) is 9.59 Å². The topological polar surface area (TPSA) is 88.4 Å². The van der Waals surface area contributed by atoms with Gasteiger partial charge in [-0.05, 0) is 43.2 Å². The van der Waals surface area contributed by atoms with Crippen molar-refractivity contribution in [3.63, 3.8) is 0 Å². The molecule has 2 aliphatic carbocycles. The van der Waals surface area contributed by atoms with Gasteiger partial charge in [0.15, 0.2) is 0 Å². The third-order valence-electron chi connectivity index (χ3n) is 6.23. The van der Waals surface area contributed by atoms with Crippen molar-refractivity contribution in [3.8, 4) is 0 Å². The molecule has 2 N–H and O–H groups in total. The fourth-order valence-corrected chi connectivity index (χ4v) is 4.85. The van der Waals surface area contributed by atoms with E-state index >= 15 is 0 Å². The maximum atomic E-state index is 12.9. The van der Waals surface area contributed by atoms with E-state index in [9.17, 15) is 19.5 Å². The van der Waals surface area contributed by atoms with E-state index in [-0.39, 0.29) is 23.0 Å². The Kier molecular flexibility index (Phi) is 4.72. The van der Waals surface area contributed by atoms with E-state index in [1.807, 2.05) is 0 Å². The zero-order valence-corrected chi connectivity index (χ0v) is 15.2. The van der Waals surface area contributed by atoms with Crippen molar-refractivity contribution >= 4 is 22.9 Å². The van der Waals surface area contributed by atoms with Gasteiger partial charge in [-0.1, -0.05) is 37.8 Å². The minimum atomic E-state index is -1.32. The summed E-state index contributed by atoms with van der Waals surface area (Å²) in [4.78, 5) is 36.7. The van der Waals surface area contributed by atoms with Crippen molar-refractivity contribution in [1.29, 1.82) is 0 Å². The molecule has 6 nitrogen and oxygen atoms in total. The number of rotatable bonds is 2. The van der Waals surface area contributed by atoms with Gasteiger partial charge in [-0.15, -0.1) is 0 Å². The summed E-state index contributed by atoms with van der Waals surface area (Å²) in [6.07, 6.45) is 9.36. The molecule has 0 bridgehead atoms. The van der Waals surface area contributed by atoms with Crippen molar-refractivity contribution < 1.29 is 14.7 Å². The van der Waals surface area contributed by atoms with Gasteiger partial charge < -0.3 is 10.4 Å². The monoisotopic (exact) mass is 368 g/mol. The Labute approximate surface area is 157 Å². The maximum Gasteiger partial charge on any atom is 0.341 e. The Bertz CT molecular complexity index is 949. The molecule has 0 aliphatic heterocycles. The number of benzene rings is 1. The second-order valence-electron chi connectivity index (χ2n) is 7.83. The van der Waals surface area contributed by atoms with Crippen LogP contribution in [-0.2, 0) is 0 Å². The lowest BCUT2D eigenvalue weighted by Gasteiger charge is -2.39. The normalized spacial score (nSPS) is 25.0. The molecule has 142 valence electrons. The van der Waals surface area contributed by atoms with Crippen molar-refractivity contribution in [2.45, 2.75) is 51.0 Å². The Morgan fingerprint density at radius 3 is 2.56 bits per heavy atom. The number of hydrogen-bond donors (Lipinski definition) is 2. The number of aromatic nitrogens is 1. The van der Waals surface area contributed by atoms with Crippen LogP contribution in [0.5, 0.6) is 0 Å². The Balaban J connectivity index is 1.62. The smallest absolute Gasteiger partial charge is 0.341 e. The van der Waals surface area contributed by atoms with Crippen molar-refractivity contribution in [1.82, 2.24) is 9.88 Å². The first-order valence-electron chi connectivity index (χ1n) is 9.73. The highest BCUT2D eigenvalue weighted by atomic mass is 16.4. The number of hydrogen-bond acceptors (Lipinski definition) is 3. The molecule has 2 saturated carbocycles. The number of amides is 1. The van der Waals surface area contributed by atoms with E-state index in [2.05, 4.69) is 5.32 Å². The Hall–Kier alpha value is -2.63. The van der Waals surface area contributed by atoms with Crippen molar-refractivity contribution in [2.24, 2.45) is 11.8 Å². The second kappa shape index (κ2) is 7.18.